The minimum atomic E-state index is -0.937. The topological polar surface area (TPSA) is 77.9 Å². The van der Waals surface area contributed by atoms with Gasteiger partial charge >= 0.3 is 6.01 Å². The van der Waals surface area contributed by atoms with Gasteiger partial charge in [-0.25, -0.2) is 13.2 Å². The summed E-state index contributed by atoms with van der Waals surface area (Å²) in [6, 6.07) is 7.91. The van der Waals surface area contributed by atoms with Gasteiger partial charge in [-0.05, 0) is 51.4 Å². The van der Waals surface area contributed by atoms with Gasteiger partial charge in [0.25, 0.3) is 0 Å². The molecule has 0 unspecified atom stereocenters. The zero-order valence-electron chi connectivity index (χ0n) is 28.5. The smallest absolute Gasteiger partial charge is 0.319 e. The molecule has 1 amide bonds. The van der Waals surface area contributed by atoms with Crippen molar-refractivity contribution in [3.8, 4) is 29.6 Å². The van der Waals surface area contributed by atoms with Crippen LogP contribution in [0, 0.1) is 24.0 Å². The Morgan fingerprint density at radius 2 is 2.00 bits per heavy atom. The van der Waals surface area contributed by atoms with Crippen molar-refractivity contribution in [1.82, 2.24) is 29.7 Å². The van der Waals surface area contributed by atoms with Gasteiger partial charge < -0.3 is 19.4 Å². The number of benzene rings is 2. The Labute approximate surface area is 289 Å². The second-order valence-corrected chi connectivity index (χ2v) is 13.8. The summed E-state index contributed by atoms with van der Waals surface area (Å²) < 4.78 is 52.5. The molecule has 3 saturated heterocycles. The first-order valence-corrected chi connectivity index (χ1v) is 17.0. The summed E-state index contributed by atoms with van der Waals surface area (Å²) in [5.74, 6) is 1.42. The van der Waals surface area contributed by atoms with Crippen molar-refractivity contribution in [1.29, 1.82) is 0 Å². The van der Waals surface area contributed by atoms with Crippen LogP contribution in [0.3, 0.4) is 0 Å². The van der Waals surface area contributed by atoms with Gasteiger partial charge in [0, 0.05) is 68.9 Å². The molecule has 0 N–H and O–H groups in total. The van der Waals surface area contributed by atoms with Crippen LogP contribution in [0.25, 0.3) is 32.9 Å². The number of likely N-dealkylation sites (N-methyl/N-ethyl adjacent to an activating group) is 2. The molecule has 3 atom stereocenters. The number of ether oxygens (including phenoxy) is 1. The fourth-order valence-corrected chi connectivity index (χ4v) is 7.78. The molecule has 12 heteroatoms. The van der Waals surface area contributed by atoms with Crippen LogP contribution in [0.5, 0.6) is 6.01 Å². The standard InChI is InChI=1S/C38H40F3N7O2/c1-5-27-30(40)13-12-24-9-6-10-28(32(24)27)34-33(41)35-29(20-42-34)36(46(4)26-14-18-47(22-26)31(49)11-7-16-45(2)3)44-37(43-35)50-23-38-15-8-17-48(38)21-25(39)19-38/h1,6-7,9-13,20,25-26H,8,14-19,21-23H2,2-4H3/b11-7+/t25-,26-,38+/m1/s1. The highest BCUT2D eigenvalue weighted by atomic mass is 19.1. The van der Waals surface area contributed by atoms with Crippen molar-refractivity contribution in [3.63, 3.8) is 0 Å². The van der Waals surface area contributed by atoms with Crippen LogP contribution in [0.4, 0.5) is 19.0 Å². The number of halogens is 3. The Hall–Kier alpha value is -4.73. The molecule has 2 aromatic heterocycles. The molecule has 5 heterocycles. The van der Waals surface area contributed by atoms with Gasteiger partial charge in [-0.3, -0.25) is 14.7 Å². The lowest BCUT2D eigenvalue weighted by Gasteiger charge is -2.31. The third kappa shape index (κ3) is 6.13. The maximum atomic E-state index is 16.9. The number of hydrogen-bond donors (Lipinski definition) is 0. The van der Waals surface area contributed by atoms with E-state index >= 15 is 4.39 Å². The molecule has 2 aromatic carbocycles. The minimum absolute atomic E-state index is 0.0199. The predicted octanol–water partition coefficient (Wildman–Crippen LogP) is 5.21. The summed E-state index contributed by atoms with van der Waals surface area (Å²) >= 11 is 0. The molecule has 0 radical (unpaired) electrons. The lowest BCUT2D eigenvalue weighted by atomic mass is 9.95. The molecule has 0 bridgehead atoms. The Morgan fingerprint density at radius 1 is 1.16 bits per heavy atom. The Morgan fingerprint density at radius 3 is 2.80 bits per heavy atom. The molecule has 0 aliphatic carbocycles. The molecule has 3 fully saturated rings. The highest BCUT2D eigenvalue weighted by Gasteiger charge is 2.49. The zero-order chi connectivity index (χ0) is 35.2. The molecule has 260 valence electrons. The van der Waals surface area contributed by atoms with Crippen LogP contribution >= 0.6 is 0 Å². The summed E-state index contributed by atoms with van der Waals surface area (Å²) in [4.78, 5) is 34.6. The van der Waals surface area contributed by atoms with Gasteiger partial charge in [0.15, 0.2) is 5.82 Å². The van der Waals surface area contributed by atoms with Crippen molar-refractivity contribution in [2.24, 2.45) is 0 Å². The fraction of sp³-hybridized carbons (Fsp3) is 0.421. The Bertz CT molecular complexity index is 2030. The van der Waals surface area contributed by atoms with Gasteiger partial charge in [-0.1, -0.05) is 36.3 Å². The number of alkyl halides is 1. The quantitative estimate of drug-likeness (QED) is 0.176. The molecule has 0 saturated carbocycles. The highest BCUT2D eigenvalue weighted by Crippen LogP contribution is 2.41. The second-order valence-electron chi connectivity index (χ2n) is 13.8. The van der Waals surface area contributed by atoms with E-state index in [0.717, 1.165) is 19.4 Å². The number of pyridine rings is 1. The van der Waals surface area contributed by atoms with E-state index in [1.807, 2.05) is 37.0 Å². The molecule has 50 heavy (non-hydrogen) atoms. The van der Waals surface area contributed by atoms with Gasteiger partial charge in [0.2, 0.25) is 5.91 Å². The van der Waals surface area contributed by atoms with Crippen molar-refractivity contribution in [2.75, 3.05) is 65.4 Å². The number of rotatable bonds is 9. The molecule has 7 rings (SSSR count). The fourth-order valence-electron chi connectivity index (χ4n) is 7.78. The number of carbonyl (C=O) groups is 1. The van der Waals surface area contributed by atoms with Crippen LogP contribution < -0.4 is 9.64 Å². The second kappa shape index (κ2) is 13.5. The normalized spacial score (nSPS) is 22.2. The summed E-state index contributed by atoms with van der Waals surface area (Å²) in [7, 11) is 5.73. The maximum Gasteiger partial charge on any atom is 0.319 e. The van der Waals surface area contributed by atoms with Gasteiger partial charge in [0.05, 0.1) is 16.5 Å². The van der Waals surface area contributed by atoms with Gasteiger partial charge in [0.1, 0.15) is 35.6 Å². The number of terminal acetylenes is 1. The van der Waals surface area contributed by atoms with E-state index in [9.17, 15) is 13.6 Å². The molecule has 3 aliphatic rings. The van der Waals surface area contributed by atoms with Crippen molar-refractivity contribution < 1.29 is 22.7 Å². The Balaban J connectivity index is 1.28. The summed E-state index contributed by atoms with van der Waals surface area (Å²) in [6.07, 6.45) is 12.5. The molecule has 9 nitrogen and oxygen atoms in total. The van der Waals surface area contributed by atoms with Crippen LogP contribution in [0.1, 0.15) is 31.2 Å². The third-order valence-electron chi connectivity index (χ3n) is 10.4. The monoisotopic (exact) mass is 683 g/mol. The summed E-state index contributed by atoms with van der Waals surface area (Å²) in [5, 5.41) is 1.37. The Kier molecular flexibility index (Phi) is 9.13. The van der Waals surface area contributed by atoms with Crippen LogP contribution in [-0.2, 0) is 4.79 Å². The number of hydrogen-bond acceptors (Lipinski definition) is 8. The summed E-state index contributed by atoms with van der Waals surface area (Å²) in [5.41, 5.74) is -0.172. The number of nitrogens with zero attached hydrogens (tertiary/aromatic N) is 7. The van der Waals surface area contributed by atoms with Gasteiger partial charge in [-0.2, -0.15) is 9.97 Å². The lowest BCUT2D eigenvalue weighted by molar-refractivity contribution is -0.125. The SMILES string of the molecule is C#Cc1c(F)ccc2cccc(-c3ncc4c(N(C)[C@@H]5CCN(C(=O)/C=C/CN(C)C)C5)nc(OC[C@@]56CCCN5C[C@H](F)C6)nc4c3F)c12. The van der Waals surface area contributed by atoms with E-state index in [-0.39, 0.29) is 41.3 Å². The first kappa shape index (κ1) is 33.8. The number of aromatic nitrogens is 3. The lowest BCUT2D eigenvalue weighted by Crippen LogP contribution is -2.43. The van der Waals surface area contributed by atoms with E-state index < -0.39 is 23.3 Å². The minimum Gasteiger partial charge on any atom is -0.461 e. The number of likely N-dealkylation sites (tertiary alicyclic amines) is 1. The number of fused-ring (bicyclic) bond motifs is 3. The van der Waals surface area contributed by atoms with Crippen molar-refractivity contribution in [2.45, 2.75) is 43.4 Å². The first-order valence-electron chi connectivity index (χ1n) is 17.0. The van der Waals surface area contributed by atoms with Crippen LogP contribution in [0.2, 0.25) is 0 Å². The molecular weight excluding hydrogens is 643 g/mol. The maximum absolute atomic E-state index is 16.9. The molecular formula is C38H40F3N7O2. The van der Waals surface area contributed by atoms with E-state index in [1.165, 1.54) is 12.3 Å². The third-order valence-corrected chi connectivity index (χ3v) is 10.4. The number of anilines is 1. The summed E-state index contributed by atoms with van der Waals surface area (Å²) in [6.45, 7) is 2.99. The number of amides is 1. The molecule has 3 aliphatic heterocycles. The van der Waals surface area contributed by atoms with Crippen LogP contribution in [-0.4, -0.2) is 114 Å². The van der Waals surface area contributed by atoms with E-state index in [4.69, 9.17) is 16.1 Å². The zero-order valence-corrected chi connectivity index (χ0v) is 28.5. The van der Waals surface area contributed by atoms with E-state index in [0.29, 0.717) is 66.6 Å². The average Bonchev–Trinajstić information content (AvgIpc) is 3.82. The van der Waals surface area contributed by atoms with Crippen molar-refractivity contribution in [3.05, 3.63) is 65.9 Å². The number of carbonyl (C=O) groups excluding carboxylic acids is 1. The average molecular weight is 684 g/mol. The first-order chi connectivity index (χ1) is 24.1. The van der Waals surface area contributed by atoms with Gasteiger partial charge in [-0.15, -0.1) is 6.42 Å². The van der Waals surface area contributed by atoms with E-state index in [2.05, 4.69) is 20.8 Å². The highest BCUT2D eigenvalue weighted by molar-refractivity contribution is 6.02. The van der Waals surface area contributed by atoms with E-state index in [1.54, 1.807) is 35.2 Å². The molecule has 0 spiro atoms. The predicted molar refractivity (Wildman–Crippen MR) is 188 cm³/mol. The largest absolute Gasteiger partial charge is 0.461 e. The van der Waals surface area contributed by atoms with Crippen molar-refractivity contribution >= 4 is 33.4 Å². The van der Waals surface area contributed by atoms with Crippen LogP contribution in [0.15, 0.2) is 48.7 Å². The molecule has 4 aromatic rings.